The standard InChI is InChI=1S/C13H16N2O4/c1-18-7-6-14-12(16)8-15-10-4-2-3-5-11(10)19-9-13(15)17/h2-5H,6-9H2,1H3,(H,14,16). The summed E-state index contributed by atoms with van der Waals surface area (Å²) in [7, 11) is 1.56. The van der Waals surface area contributed by atoms with Crippen molar-refractivity contribution in [2.75, 3.05) is 38.3 Å². The maximum atomic E-state index is 11.8. The largest absolute Gasteiger partial charge is 0.482 e. The van der Waals surface area contributed by atoms with Gasteiger partial charge in [-0.2, -0.15) is 0 Å². The Labute approximate surface area is 111 Å². The molecule has 0 spiro atoms. The third kappa shape index (κ3) is 3.23. The van der Waals surface area contributed by atoms with Crippen LogP contribution in [-0.2, 0) is 14.3 Å². The monoisotopic (exact) mass is 264 g/mol. The fraction of sp³-hybridized carbons (Fsp3) is 0.385. The number of ether oxygens (including phenoxy) is 2. The number of nitrogens with one attached hydrogen (secondary N) is 1. The van der Waals surface area contributed by atoms with Crippen molar-refractivity contribution in [2.45, 2.75) is 0 Å². The van der Waals surface area contributed by atoms with Gasteiger partial charge in [0, 0.05) is 13.7 Å². The molecular weight excluding hydrogens is 248 g/mol. The highest BCUT2D eigenvalue weighted by atomic mass is 16.5. The minimum absolute atomic E-state index is 0.0110. The van der Waals surface area contributed by atoms with Gasteiger partial charge in [-0.15, -0.1) is 0 Å². The van der Waals surface area contributed by atoms with Gasteiger partial charge in [0.05, 0.1) is 12.3 Å². The quantitative estimate of drug-likeness (QED) is 0.770. The van der Waals surface area contributed by atoms with Gasteiger partial charge in [0.1, 0.15) is 12.3 Å². The smallest absolute Gasteiger partial charge is 0.265 e. The number of carbonyl (C=O) groups excluding carboxylic acids is 2. The van der Waals surface area contributed by atoms with E-state index in [1.54, 1.807) is 25.3 Å². The summed E-state index contributed by atoms with van der Waals surface area (Å²) < 4.78 is 10.1. The van der Waals surface area contributed by atoms with E-state index in [-0.39, 0.29) is 25.0 Å². The third-order valence-corrected chi connectivity index (χ3v) is 2.74. The van der Waals surface area contributed by atoms with Gasteiger partial charge in [-0.05, 0) is 12.1 Å². The number of amides is 2. The lowest BCUT2D eigenvalue weighted by Gasteiger charge is -2.28. The predicted octanol–water partition coefficient (Wildman–Crippen LogP) is 0.175. The molecule has 0 saturated heterocycles. The van der Waals surface area contributed by atoms with Crippen LogP contribution in [0.4, 0.5) is 5.69 Å². The van der Waals surface area contributed by atoms with Crippen molar-refractivity contribution in [3.8, 4) is 5.75 Å². The number of fused-ring (bicyclic) bond motifs is 1. The molecule has 0 fully saturated rings. The summed E-state index contributed by atoms with van der Waals surface area (Å²) in [6.45, 7) is 0.820. The van der Waals surface area contributed by atoms with Crippen molar-refractivity contribution >= 4 is 17.5 Å². The van der Waals surface area contributed by atoms with Gasteiger partial charge in [0.15, 0.2) is 6.61 Å². The van der Waals surface area contributed by atoms with E-state index >= 15 is 0 Å². The van der Waals surface area contributed by atoms with Crippen LogP contribution < -0.4 is 15.0 Å². The number of benzene rings is 1. The Bertz CT molecular complexity index is 475. The molecule has 0 saturated carbocycles. The summed E-state index contributed by atoms with van der Waals surface area (Å²) in [5.41, 5.74) is 0.626. The highest BCUT2D eigenvalue weighted by Gasteiger charge is 2.26. The fourth-order valence-electron chi connectivity index (χ4n) is 1.82. The number of anilines is 1. The SMILES string of the molecule is COCCNC(=O)CN1C(=O)COc2ccccc21. The van der Waals surface area contributed by atoms with Gasteiger partial charge in [0.2, 0.25) is 5.91 Å². The molecular formula is C13H16N2O4. The minimum atomic E-state index is -0.222. The molecule has 0 radical (unpaired) electrons. The molecule has 1 N–H and O–H groups in total. The molecule has 0 aromatic heterocycles. The topological polar surface area (TPSA) is 67.9 Å². The van der Waals surface area contributed by atoms with E-state index in [1.807, 2.05) is 6.07 Å². The van der Waals surface area contributed by atoms with Gasteiger partial charge in [-0.1, -0.05) is 12.1 Å². The van der Waals surface area contributed by atoms with Gasteiger partial charge < -0.3 is 14.8 Å². The zero-order valence-electron chi connectivity index (χ0n) is 10.7. The predicted molar refractivity (Wildman–Crippen MR) is 69.2 cm³/mol. The molecule has 1 aromatic carbocycles. The van der Waals surface area contributed by atoms with E-state index in [4.69, 9.17) is 9.47 Å². The molecule has 2 rings (SSSR count). The second kappa shape index (κ2) is 6.19. The first-order valence-corrected chi connectivity index (χ1v) is 6.00. The number of hydrogen-bond acceptors (Lipinski definition) is 4. The molecule has 0 unspecified atom stereocenters. The second-order valence-electron chi connectivity index (χ2n) is 4.08. The number of nitrogens with zero attached hydrogens (tertiary/aromatic N) is 1. The van der Waals surface area contributed by atoms with Crippen LogP contribution in [0.15, 0.2) is 24.3 Å². The Hall–Kier alpha value is -2.08. The first-order valence-electron chi connectivity index (χ1n) is 6.00. The molecule has 0 bridgehead atoms. The summed E-state index contributed by atoms with van der Waals surface area (Å²) in [5, 5.41) is 2.68. The number of carbonyl (C=O) groups is 2. The van der Waals surface area contributed by atoms with Crippen molar-refractivity contribution in [1.29, 1.82) is 0 Å². The zero-order chi connectivity index (χ0) is 13.7. The van der Waals surface area contributed by atoms with Crippen LogP contribution in [0.25, 0.3) is 0 Å². The Morgan fingerprint density at radius 1 is 1.47 bits per heavy atom. The molecule has 1 heterocycles. The van der Waals surface area contributed by atoms with Crippen molar-refractivity contribution in [2.24, 2.45) is 0 Å². The average Bonchev–Trinajstić information content (AvgIpc) is 2.42. The Kier molecular flexibility index (Phi) is 4.35. The lowest BCUT2D eigenvalue weighted by molar-refractivity contribution is -0.125. The van der Waals surface area contributed by atoms with Crippen LogP contribution in [0.5, 0.6) is 5.75 Å². The van der Waals surface area contributed by atoms with E-state index < -0.39 is 0 Å². The molecule has 1 aliphatic heterocycles. The Morgan fingerprint density at radius 3 is 3.05 bits per heavy atom. The first kappa shape index (κ1) is 13.4. The Morgan fingerprint density at radius 2 is 2.26 bits per heavy atom. The third-order valence-electron chi connectivity index (χ3n) is 2.74. The summed E-state index contributed by atoms with van der Waals surface area (Å²) in [4.78, 5) is 25.0. The maximum Gasteiger partial charge on any atom is 0.265 e. The van der Waals surface area contributed by atoms with E-state index in [2.05, 4.69) is 5.32 Å². The van der Waals surface area contributed by atoms with Crippen LogP contribution in [0.3, 0.4) is 0 Å². The summed E-state index contributed by atoms with van der Waals surface area (Å²) in [6, 6.07) is 7.16. The van der Waals surface area contributed by atoms with Crippen molar-refractivity contribution in [3.63, 3.8) is 0 Å². The molecule has 0 atom stereocenters. The summed E-state index contributed by atoms with van der Waals surface area (Å²) in [5.74, 6) is 0.175. The van der Waals surface area contributed by atoms with Crippen LogP contribution in [0.1, 0.15) is 0 Å². The van der Waals surface area contributed by atoms with Crippen molar-refractivity contribution in [1.82, 2.24) is 5.32 Å². The number of methoxy groups -OCH3 is 1. The van der Waals surface area contributed by atoms with Crippen LogP contribution in [0, 0.1) is 0 Å². The number of para-hydroxylation sites is 2. The average molecular weight is 264 g/mol. The van der Waals surface area contributed by atoms with Gasteiger partial charge in [0.25, 0.3) is 5.91 Å². The molecule has 6 heteroatoms. The maximum absolute atomic E-state index is 11.8. The van der Waals surface area contributed by atoms with Crippen molar-refractivity contribution < 1.29 is 19.1 Å². The highest BCUT2D eigenvalue weighted by Crippen LogP contribution is 2.30. The van der Waals surface area contributed by atoms with Gasteiger partial charge in [-0.25, -0.2) is 0 Å². The van der Waals surface area contributed by atoms with Crippen LogP contribution in [0.2, 0.25) is 0 Å². The van der Waals surface area contributed by atoms with Gasteiger partial charge in [-0.3, -0.25) is 14.5 Å². The molecule has 1 aliphatic rings. The summed E-state index contributed by atoms with van der Waals surface area (Å²) >= 11 is 0. The zero-order valence-corrected chi connectivity index (χ0v) is 10.7. The second-order valence-corrected chi connectivity index (χ2v) is 4.08. The molecule has 0 aliphatic carbocycles. The molecule has 19 heavy (non-hydrogen) atoms. The Balaban J connectivity index is 2.03. The fourth-order valence-corrected chi connectivity index (χ4v) is 1.82. The van der Waals surface area contributed by atoms with Crippen LogP contribution in [-0.4, -0.2) is 45.2 Å². The van der Waals surface area contributed by atoms with Gasteiger partial charge >= 0.3 is 0 Å². The van der Waals surface area contributed by atoms with E-state index in [0.717, 1.165) is 0 Å². The lowest BCUT2D eigenvalue weighted by atomic mass is 10.2. The molecule has 2 amide bonds. The molecule has 102 valence electrons. The minimum Gasteiger partial charge on any atom is -0.482 e. The van der Waals surface area contributed by atoms with E-state index in [0.29, 0.717) is 24.6 Å². The normalized spacial score (nSPS) is 13.7. The molecule has 1 aromatic rings. The number of rotatable bonds is 5. The van der Waals surface area contributed by atoms with E-state index in [9.17, 15) is 9.59 Å². The van der Waals surface area contributed by atoms with Crippen LogP contribution >= 0.6 is 0 Å². The first-order chi connectivity index (χ1) is 9.22. The summed E-state index contributed by atoms with van der Waals surface area (Å²) in [6.07, 6.45) is 0. The lowest BCUT2D eigenvalue weighted by Crippen LogP contribution is -2.45. The van der Waals surface area contributed by atoms with Crippen molar-refractivity contribution in [3.05, 3.63) is 24.3 Å². The highest BCUT2D eigenvalue weighted by molar-refractivity contribution is 6.02. The van der Waals surface area contributed by atoms with E-state index in [1.165, 1.54) is 4.90 Å². The molecule has 6 nitrogen and oxygen atoms in total. The number of hydrogen-bond donors (Lipinski definition) is 1.